The molecule has 0 spiro atoms. The second-order valence-electron chi connectivity index (χ2n) is 5.05. The average Bonchev–Trinajstić information content (AvgIpc) is 2.28. The number of hydrogen-bond acceptors (Lipinski definition) is 2. The Balaban J connectivity index is 3.33. The molecule has 1 aromatic carbocycles. The Morgan fingerprint density at radius 1 is 1.24 bits per heavy atom. The summed E-state index contributed by atoms with van der Waals surface area (Å²) >= 11 is 0. The van der Waals surface area contributed by atoms with E-state index in [0.29, 0.717) is 11.8 Å². The van der Waals surface area contributed by atoms with Crippen molar-refractivity contribution in [2.45, 2.75) is 46.0 Å². The Morgan fingerprint density at radius 3 is 2.35 bits per heavy atom. The first-order chi connectivity index (χ1) is 8.02. The van der Waals surface area contributed by atoms with Gasteiger partial charge in [-0.05, 0) is 42.9 Å². The van der Waals surface area contributed by atoms with Crippen molar-refractivity contribution in [3.8, 4) is 5.75 Å². The molecule has 2 N–H and O–H groups in total. The van der Waals surface area contributed by atoms with E-state index in [9.17, 15) is 0 Å². The van der Waals surface area contributed by atoms with Crippen LogP contribution in [0.4, 0.5) is 0 Å². The Hall–Kier alpha value is -1.02. The van der Waals surface area contributed by atoms with Crippen molar-refractivity contribution in [2.75, 3.05) is 13.7 Å². The Kier molecular flexibility index (Phi) is 5.01. The Morgan fingerprint density at radius 2 is 1.88 bits per heavy atom. The van der Waals surface area contributed by atoms with Crippen LogP contribution in [-0.4, -0.2) is 13.7 Å². The fourth-order valence-corrected chi connectivity index (χ4v) is 2.40. The van der Waals surface area contributed by atoms with Crippen molar-refractivity contribution in [3.05, 3.63) is 28.8 Å². The molecule has 2 nitrogen and oxygen atoms in total. The largest absolute Gasteiger partial charge is 0.496 e. The molecular weight excluding hydrogens is 210 g/mol. The minimum atomic E-state index is 0.451. The van der Waals surface area contributed by atoms with E-state index in [-0.39, 0.29) is 0 Å². The van der Waals surface area contributed by atoms with Gasteiger partial charge in [0.05, 0.1) is 7.11 Å². The van der Waals surface area contributed by atoms with E-state index in [2.05, 4.69) is 39.8 Å². The number of aryl methyl sites for hydroxylation is 1. The first kappa shape index (κ1) is 14.0. The molecule has 0 aromatic heterocycles. The van der Waals surface area contributed by atoms with Gasteiger partial charge in [-0.1, -0.05) is 32.9 Å². The fraction of sp³-hybridized carbons (Fsp3) is 0.600. The predicted octanol–water partition coefficient (Wildman–Crippen LogP) is 3.58. The lowest BCUT2D eigenvalue weighted by atomic mass is 9.86. The van der Waals surface area contributed by atoms with E-state index in [0.717, 1.165) is 18.7 Å². The number of methoxy groups -OCH3 is 1. The quantitative estimate of drug-likeness (QED) is 0.846. The number of ether oxygens (including phenoxy) is 1. The molecule has 0 radical (unpaired) electrons. The highest BCUT2D eigenvalue weighted by molar-refractivity contribution is 5.49. The van der Waals surface area contributed by atoms with Gasteiger partial charge >= 0.3 is 0 Å². The summed E-state index contributed by atoms with van der Waals surface area (Å²) in [6.45, 7) is 9.50. The van der Waals surface area contributed by atoms with Crippen molar-refractivity contribution in [3.63, 3.8) is 0 Å². The molecule has 0 aliphatic carbocycles. The molecule has 0 bridgehead atoms. The van der Waals surface area contributed by atoms with Crippen molar-refractivity contribution >= 4 is 0 Å². The Bertz CT molecular complexity index is 371. The minimum Gasteiger partial charge on any atom is -0.496 e. The molecule has 0 aliphatic rings. The predicted molar refractivity (Wildman–Crippen MR) is 73.9 cm³/mol. The monoisotopic (exact) mass is 235 g/mol. The topological polar surface area (TPSA) is 35.2 Å². The third kappa shape index (κ3) is 3.01. The van der Waals surface area contributed by atoms with Gasteiger partial charge in [-0.2, -0.15) is 0 Å². The zero-order chi connectivity index (χ0) is 13.0. The summed E-state index contributed by atoms with van der Waals surface area (Å²) in [7, 11) is 1.76. The molecule has 0 heterocycles. The average molecular weight is 235 g/mol. The van der Waals surface area contributed by atoms with Crippen LogP contribution in [0.5, 0.6) is 5.75 Å². The molecule has 1 aromatic rings. The van der Waals surface area contributed by atoms with Crippen molar-refractivity contribution in [1.29, 1.82) is 0 Å². The van der Waals surface area contributed by atoms with Crippen LogP contribution in [-0.2, 0) is 0 Å². The van der Waals surface area contributed by atoms with Crippen LogP contribution in [0.1, 0.15) is 55.7 Å². The highest BCUT2D eigenvalue weighted by Crippen LogP contribution is 2.37. The summed E-state index contributed by atoms with van der Waals surface area (Å²) in [4.78, 5) is 0. The van der Waals surface area contributed by atoms with E-state index >= 15 is 0 Å². The summed E-state index contributed by atoms with van der Waals surface area (Å²) < 4.78 is 5.59. The van der Waals surface area contributed by atoms with E-state index < -0.39 is 0 Å². The third-order valence-electron chi connectivity index (χ3n) is 3.35. The second kappa shape index (κ2) is 6.06. The summed E-state index contributed by atoms with van der Waals surface area (Å²) in [5.74, 6) is 2.00. The van der Waals surface area contributed by atoms with Gasteiger partial charge in [0.1, 0.15) is 5.75 Å². The van der Waals surface area contributed by atoms with E-state index in [1.165, 1.54) is 16.7 Å². The highest BCUT2D eigenvalue weighted by Gasteiger charge is 2.19. The number of benzene rings is 1. The molecule has 2 heteroatoms. The summed E-state index contributed by atoms with van der Waals surface area (Å²) in [6.07, 6.45) is 1.000. The van der Waals surface area contributed by atoms with Crippen LogP contribution in [0.25, 0.3) is 0 Å². The molecule has 0 aliphatic heterocycles. The molecule has 1 rings (SSSR count). The van der Waals surface area contributed by atoms with Crippen LogP contribution < -0.4 is 10.5 Å². The summed E-state index contributed by atoms with van der Waals surface area (Å²) in [5, 5.41) is 0. The molecule has 0 amide bonds. The maximum Gasteiger partial charge on any atom is 0.125 e. The van der Waals surface area contributed by atoms with Crippen molar-refractivity contribution in [2.24, 2.45) is 5.73 Å². The van der Waals surface area contributed by atoms with Gasteiger partial charge in [0.25, 0.3) is 0 Å². The molecule has 1 atom stereocenters. The van der Waals surface area contributed by atoms with Crippen LogP contribution >= 0.6 is 0 Å². The highest BCUT2D eigenvalue weighted by atomic mass is 16.5. The van der Waals surface area contributed by atoms with Crippen LogP contribution in [0.3, 0.4) is 0 Å². The molecule has 0 saturated heterocycles. The Labute approximate surface area is 105 Å². The fourth-order valence-electron chi connectivity index (χ4n) is 2.40. The van der Waals surface area contributed by atoms with Gasteiger partial charge in [0, 0.05) is 5.56 Å². The third-order valence-corrected chi connectivity index (χ3v) is 3.35. The maximum atomic E-state index is 5.68. The molecule has 0 fully saturated rings. The van der Waals surface area contributed by atoms with Gasteiger partial charge in [-0.25, -0.2) is 0 Å². The minimum absolute atomic E-state index is 0.451. The standard InChI is InChI=1S/C15H25NO/c1-10(2)13-7-6-12(4)15(17-5)14(13)11(3)8-9-16/h6-7,10-11H,8-9,16H2,1-5H3. The van der Waals surface area contributed by atoms with Crippen molar-refractivity contribution in [1.82, 2.24) is 0 Å². The molecular formula is C15H25NO. The zero-order valence-electron chi connectivity index (χ0n) is 11.7. The van der Waals surface area contributed by atoms with Gasteiger partial charge in [-0.3, -0.25) is 0 Å². The van der Waals surface area contributed by atoms with E-state index in [1.807, 2.05) is 0 Å². The van der Waals surface area contributed by atoms with Gasteiger partial charge < -0.3 is 10.5 Å². The van der Waals surface area contributed by atoms with Crippen molar-refractivity contribution < 1.29 is 4.74 Å². The molecule has 0 saturated carbocycles. The van der Waals surface area contributed by atoms with Gasteiger partial charge in [0.2, 0.25) is 0 Å². The second-order valence-corrected chi connectivity index (χ2v) is 5.05. The lowest BCUT2D eigenvalue weighted by Crippen LogP contribution is -2.10. The first-order valence-corrected chi connectivity index (χ1v) is 6.40. The van der Waals surface area contributed by atoms with E-state index in [4.69, 9.17) is 10.5 Å². The lowest BCUT2D eigenvalue weighted by molar-refractivity contribution is 0.401. The van der Waals surface area contributed by atoms with Crippen LogP contribution in [0, 0.1) is 6.92 Å². The number of rotatable bonds is 5. The lowest BCUT2D eigenvalue weighted by Gasteiger charge is -2.23. The number of hydrogen-bond donors (Lipinski definition) is 1. The molecule has 1 unspecified atom stereocenters. The van der Waals surface area contributed by atoms with Gasteiger partial charge in [0.15, 0.2) is 0 Å². The zero-order valence-corrected chi connectivity index (χ0v) is 11.7. The van der Waals surface area contributed by atoms with Gasteiger partial charge in [-0.15, -0.1) is 0 Å². The van der Waals surface area contributed by atoms with Crippen LogP contribution in [0.2, 0.25) is 0 Å². The maximum absolute atomic E-state index is 5.68. The number of nitrogens with two attached hydrogens (primary N) is 1. The summed E-state index contributed by atoms with van der Waals surface area (Å²) in [6, 6.07) is 4.37. The SMILES string of the molecule is COc1c(C)ccc(C(C)C)c1C(C)CCN. The normalized spacial score (nSPS) is 12.9. The van der Waals surface area contributed by atoms with E-state index in [1.54, 1.807) is 7.11 Å². The molecule has 96 valence electrons. The smallest absolute Gasteiger partial charge is 0.125 e. The first-order valence-electron chi connectivity index (χ1n) is 6.40. The molecule has 17 heavy (non-hydrogen) atoms. The summed E-state index contributed by atoms with van der Waals surface area (Å²) in [5.41, 5.74) is 9.61. The van der Waals surface area contributed by atoms with Crippen LogP contribution in [0.15, 0.2) is 12.1 Å².